The van der Waals surface area contributed by atoms with Crippen LogP contribution in [0.25, 0.3) is 22.0 Å². The number of fused-ring (bicyclic) bond motifs is 1. The van der Waals surface area contributed by atoms with Gasteiger partial charge in [-0.25, -0.2) is 4.98 Å². The lowest BCUT2D eigenvalue weighted by molar-refractivity contribution is 0.0934. The number of nitrogens with zero attached hydrogens (tertiary/aromatic N) is 1. The highest BCUT2D eigenvalue weighted by atomic mass is 35.5. The van der Waals surface area contributed by atoms with Crippen LogP contribution in [0.5, 0.6) is 0 Å². The van der Waals surface area contributed by atoms with Crippen LogP contribution in [-0.4, -0.2) is 16.9 Å². The third kappa shape index (κ3) is 3.26. The van der Waals surface area contributed by atoms with Crippen molar-refractivity contribution in [2.24, 2.45) is 0 Å². The first kappa shape index (κ1) is 16.5. The highest BCUT2D eigenvalue weighted by Crippen LogP contribution is 2.32. The lowest BCUT2D eigenvalue weighted by atomic mass is 9.74. The van der Waals surface area contributed by atoms with Gasteiger partial charge in [-0.3, -0.25) is 4.79 Å². The Hall–Kier alpha value is -2.39. The van der Waals surface area contributed by atoms with Crippen LogP contribution < -0.4 is 5.32 Å². The van der Waals surface area contributed by atoms with Crippen molar-refractivity contribution in [2.45, 2.75) is 26.3 Å². The third-order valence-electron chi connectivity index (χ3n) is 4.09. The van der Waals surface area contributed by atoms with Crippen molar-refractivity contribution in [3.63, 3.8) is 0 Å². The Morgan fingerprint density at radius 1 is 1.17 bits per heavy atom. The zero-order chi connectivity index (χ0) is 17.1. The lowest BCUT2D eigenvalue weighted by Crippen LogP contribution is -2.32. The summed E-state index contributed by atoms with van der Waals surface area (Å²) in [7, 11) is 0. The van der Waals surface area contributed by atoms with E-state index in [1.54, 1.807) is 0 Å². The van der Waals surface area contributed by atoms with Crippen LogP contribution in [-0.2, 0) is 0 Å². The van der Waals surface area contributed by atoms with E-state index < -0.39 is 0 Å². The van der Waals surface area contributed by atoms with Crippen LogP contribution in [0.4, 0.5) is 0 Å². The number of hydrogen-bond donors (Lipinski definition) is 1. The second-order valence-corrected chi connectivity index (χ2v) is 6.25. The quantitative estimate of drug-likeness (QED) is 0.721. The Balaban J connectivity index is 2.17. The van der Waals surface area contributed by atoms with Crippen molar-refractivity contribution in [1.82, 2.24) is 10.3 Å². The van der Waals surface area contributed by atoms with Crippen LogP contribution in [0, 0.1) is 0 Å². The molecule has 1 unspecified atom stereocenters. The average Bonchev–Trinajstić information content (AvgIpc) is 2.61. The third-order valence-corrected chi connectivity index (χ3v) is 4.42. The van der Waals surface area contributed by atoms with E-state index >= 15 is 0 Å². The molecule has 3 nitrogen and oxygen atoms in total. The molecule has 2 aromatic carbocycles. The zero-order valence-corrected chi connectivity index (χ0v) is 14.5. The molecule has 0 spiro atoms. The van der Waals surface area contributed by atoms with Gasteiger partial charge in [0.25, 0.3) is 5.91 Å². The number of rotatable bonds is 4. The number of benzene rings is 2. The minimum Gasteiger partial charge on any atom is -0.348 e. The first-order chi connectivity index (χ1) is 11.6. The molecule has 3 aromatic rings. The van der Waals surface area contributed by atoms with Crippen LogP contribution in [0.3, 0.4) is 0 Å². The predicted octanol–water partition coefficient (Wildman–Crippen LogP) is 5.08. The first-order valence-corrected chi connectivity index (χ1v) is 8.43. The van der Waals surface area contributed by atoms with Gasteiger partial charge in [0.05, 0.1) is 5.69 Å². The van der Waals surface area contributed by atoms with Crippen LogP contribution in [0.1, 0.15) is 30.8 Å². The summed E-state index contributed by atoms with van der Waals surface area (Å²) in [5.41, 5.74) is 1.96. The minimum atomic E-state index is -0.164. The van der Waals surface area contributed by atoms with Crippen LogP contribution in [0.15, 0.2) is 54.6 Å². The summed E-state index contributed by atoms with van der Waals surface area (Å²) in [4.78, 5) is 17.1. The maximum absolute atomic E-state index is 12.5. The predicted molar refractivity (Wildman–Crippen MR) is 99.4 cm³/mol. The van der Waals surface area contributed by atoms with Gasteiger partial charge < -0.3 is 5.32 Å². The summed E-state index contributed by atoms with van der Waals surface area (Å²) < 4.78 is 0. The van der Waals surface area contributed by atoms with Gasteiger partial charge in [-0.15, -0.1) is 0 Å². The Kier molecular flexibility index (Phi) is 4.81. The standard InChI is InChI=1S/C20H19ClN2O/c1-3-13(2)22-20(24)18-12-14-8-4-5-9-15(14)19(23-18)16-10-6-7-11-17(16)21/h4-13H,3H2,1-2H3,(H,22,24)/i14-1,20-1. The average molecular weight is 337 g/mol. The van der Waals surface area contributed by atoms with Crippen molar-refractivity contribution in [3.8, 4) is 11.3 Å². The first-order valence-electron chi connectivity index (χ1n) is 8.05. The molecule has 1 aromatic heterocycles. The summed E-state index contributed by atoms with van der Waals surface area (Å²) in [6.45, 7) is 4.02. The molecule has 0 aliphatic heterocycles. The largest absolute Gasteiger partial charge is 0.348 e. The lowest BCUT2D eigenvalue weighted by Gasteiger charge is -2.13. The summed E-state index contributed by atoms with van der Waals surface area (Å²) >= 11 is 6.36. The van der Waals surface area contributed by atoms with E-state index in [2.05, 4.69) is 10.3 Å². The van der Waals surface area contributed by atoms with Crippen molar-refractivity contribution >= 4 is 28.3 Å². The molecule has 0 saturated heterocycles. The topological polar surface area (TPSA) is 42.0 Å². The van der Waals surface area contributed by atoms with Crippen molar-refractivity contribution in [3.05, 3.63) is 65.3 Å². The molecule has 1 N–H and O–H groups in total. The molecule has 122 valence electrons. The van der Waals surface area contributed by atoms with Gasteiger partial charge in [0.15, 0.2) is 0 Å². The smallest absolute Gasteiger partial charge is 0.270 e. The SMILES string of the molecule is CCC(C)N[11C](=O)c1c[11c]2ccccc2c(-c2ccccc2Cl)n1. The Bertz CT molecular complexity index is 892. The highest BCUT2D eigenvalue weighted by Gasteiger charge is 2.15. The number of pyridine rings is 1. The van der Waals surface area contributed by atoms with Crippen molar-refractivity contribution < 1.29 is 4.79 Å². The highest BCUT2D eigenvalue weighted by molar-refractivity contribution is 6.33. The molecule has 0 radical (unpaired) electrons. The Morgan fingerprint density at radius 3 is 2.62 bits per heavy atom. The van der Waals surface area contributed by atoms with Crippen molar-refractivity contribution in [1.29, 1.82) is 0 Å². The number of carbonyl (C=O) groups excluding carboxylic acids is 1. The van der Waals surface area contributed by atoms with E-state index in [0.717, 1.165) is 28.5 Å². The van der Waals surface area contributed by atoms with E-state index in [1.165, 1.54) is 0 Å². The molecule has 1 amide bonds. The van der Waals surface area contributed by atoms with E-state index in [4.69, 9.17) is 11.6 Å². The fourth-order valence-electron chi connectivity index (χ4n) is 2.57. The normalized spacial score (nSPS) is 12.1. The number of hydrogen-bond acceptors (Lipinski definition) is 2. The second-order valence-electron chi connectivity index (χ2n) is 5.84. The molecule has 1 atom stereocenters. The maximum Gasteiger partial charge on any atom is 0.270 e. The fourth-order valence-corrected chi connectivity index (χ4v) is 2.80. The molecular formula is C20H19ClN2O. The number of nitrogens with one attached hydrogen (secondary N) is 1. The molecule has 0 saturated carbocycles. The Morgan fingerprint density at radius 2 is 1.88 bits per heavy atom. The summed E-state index contributed by atoms with van der Waals surface area (Å²) in [6.07, 6.45) is 0.872. The monoisotopic (exact) mass is 336 g/mol. The van der Waals surface area contributed by atoms with Crippen LogP contribution >= 0.6 is 11.6 Å². The fraction of sp³-hybridized carbons (Fsp3) is 0.200. The van der Waals surface area contributed by atoms with E-state index in [-0.39, 0.29) is 11.9 Å². The van der Waals surface area contributed by atoms with Gasteiger partial charge in [-0.2, -0.15) is 0 Å². The van der Waals surface area contributed by atoms with E-state index in [9.17, 15) is 4.79 Å². The van der Waals surface area contributed by atoms with E-state index in [1.807, 2.05) is 68.4 Å². The molecule has 0 aliphatic rings. The van der Waals surface area contributed by atoms with E-state index in [0.29, 0.717) is 10.7 Å². The summed E-state index contributed by atoms with van der Waals surface area (Å²) in [6, 6.07) is 17.4. The number of carbonyl (C=O) groups is 1. The van der Waals surface area contributed by atoms with Gasteiger partial charge in [0, 0.05) is 22.0 Å². The molecule has 3 rings (SSSR count). The molecule has 24 heavy (non-hydrogen) atoms. The van der Waals surface area contributed by atoms with Gasteiger partial charge in [0.2, 0.25) is 0 Å². The van der Waals surface area contributed by atoms with Gasteiger partial charge in [-0.05, 0) is 30.9 Å². The van der Waals surface area contributed by atoms with Crippen LogP contribution in [0.2, 0.25) is 5.02 Å². The van der Waals surface area contributed by atoms with Gasteiger partial charge >= 0.3 is 0 Å². The number of aromatic nitrogens is 1. The molecule has 4 heteroatoms. The molecule has 0 fully saturated rings. The number of halogens is 1. The zero-order valence-electron chi connectivity index (χ0n) is 13.7. The summed E-state index contributed by atoms with van der Waals surface area (Å²) in [5, 5.41) is 5.54. The number of amides is 1. The van der Waals surface area contributed by atoms with Gasteiger partial charge in [-0.1, -0.05) is 61.0 Å². The van der Waals surface area contributed by atoms with Crippen molar-refractivity contribution in [2.75, 3.05) is 0 Å². The molecule has 0 bridgehead atoms. The minimum absolute atomic E-state index is 0.106. The molecular weight excluding hydrogens is 318 g/mol. The Labute approximate surface area is 146 Å². The molecule has 1 heterocycles. The summed E-state index contributed by atoms with van der Waals surface area (Å²) in [5.74, 6) is -0.164. The maximum atomic E-state index is 12.5. The van der Waals surface area contributed by atoms with Gasteiger partial charge in [0.1, 0.15) is 5.69 Å². The second kappa shape index (κ2) is 7.02. The molecule has 0 aliphatic carbocycles.